The number of carbonyl (C=O) groups is 2. The number of nitrogens with one attached hydrogen (secondary N) is 1. The molecule has 6 atom stereocenters. The minimum Gasteiger partial charge on any atom is -0.381 e. The molecule has 1 amide bonds. The number of aliphatic hydroxyl groups is 1. The van der Waals surface area contributed by atoms with Gasteiger partial charge in [0, 0.05) is 19.6 Å². The summed E-state index contributed by atoms with van der Waals surface area (Å²) in [7, 11) is 1.45. The number of rotatable bonds is 10. The van der Waals surface area contributed by atoms with E-state index in [0.29, 0.717) is 5.92 Å². The van der Waals surface area contributed by atoms with Gasteiger partial charge in [-0.25, -0.2) is 0 Å². The van der Waals surface area contributed by atoms with Crippen LogP contribution >= 0.6 is 23.2 Å². The molecule has 0 aromatic carbocycles. The smallest absolute Gasteiger partial charge is 0.244 e. The van der Waals surface area contributed by atoms with Crippen molar-refractivity contribution in [2.75, 3.05) is 7.11 Å². The van der Waals surface area contributed by atoms with Crippen molar-refractivity contribution >= 4 is 34.9 Å². The largest absolute Gasteiger partial charge is 0.381 e. The normalized spacial score (nSPS) is 31.9. The van der Waals surface area contributed by atoms with E-state index in [9.17, 15) is 14.7 Å². The Kier molecular flexibility index (Phi) is 10.4. The third-order valence-electron chi connectivity index (χ3n) is 5.99. The van der Waals surface area contributed by atoms with Crippen molar-refractivity contribution < 1.29 is 24.2 Å². The lowest BCUT2D eigenvalue weighted by molar-refractivity contribution is -0.242. The number of ether oxygens (including phenoxy) is 2. The van der Waals surface area contributed by atoms with Crippen LogP contribution in [-0.4, -0.2) is 53.3 Å². The van der Waals surface area contributed by atoms with E-state index in [0.717, 1.165) is 12.0 Å². The van der Waals surface area contributed by atoms with Crippen molar-refractivity contribution in [3.05, 3.63) is 34.9 Å². The van der Waals surface area contributed by atoms with Crippen LogP contribution in [-0.2, 0) is 19.1 Å². The van der Waals surface area contributed by atoms with E-state index in [1.807, 2.05) is 6.92 Å². The molecule has 0 saturated carbocycles. The molecule has 1 fully saturated rings. The highest BCUT2D eigenvalue weighted by molar-refractivity contribution is 6.49. The molecule has 0 aromatic heterocycles. The Hall–Kier alpha value is -1.18. The minimum atomic E-state index is -1.73. The van der Waals surface area contributed by atoms with Crippen molar-refractivity contribution in [1.29, 1.82) is 0 Å². The molecular formula is C24H35Cl2NO5. The Balaban J connectivity index is 2.05. The zero-order valence-corrected chi connectivity index (χ0v) is 20.8. The number of hydrogen-bond acceptors (Lipinski definition) is 5. The van der Waals surface area contributed by atoms with Crippen molar-refractivity contribution in [2.24, 2.45) is 5.92 Å². The molecule has 32 heavy (non-hydrogen) atoms. The molecular weight excluding hydrogens is 453 g/mol. The molecule has 6 unspecified atom stereocenters. The Bertz CT molecular complexity index is 765. The van der Waals surface area contributed by atoms with Crippen LogP contribution < -0.4 is 5.32 Å². The van der Waals surface area contributed by atoms with E-state index >= 15 is 0 Å². The number of Topliss-reactive ketones (excluding diaryl/α,β-unsaturated/α-hetero) is 1. The van der Waals surface area contributed by atoms with Crippen LogP contribution in [0.3, 0.4) is 0 Å². The van der Waals surface area contributed by atoms with E-state index in [2.05, 4.69) is 25.2 Å². The summed E-state index contributed by atoms with van der Waals surface area (Å²) in [4.78, 5) is 24.8. The fourth-order valence-electron chi connectivity index (χ4n) is 4.17. The highest BCUT2D eigenvalue weighted by Gasteiger charge is 2.57. The van der Waals surface area contributed by atoms with Gasteiger partial charge in [0.2, 0.25) is 5.91 Å². The number of unbranched alkanes of at least 4 members (excludes halogenated alkanes) is 3. The summed E-state index contributed by atoms with van der Waals surface area (Å²) in [6.45, 7) is 6.33. The van der Waals surface area contributed by atoms with Crippen LogP contribution in [0.4, 0.5) is 0 Å². The zero-order chi connectivity index (χ0) is 23.9. The predicted molar refractivity (Wildman–Crippen MR) is 127 cm³/mol. The minimum absolute atomic E-state index is 0.172. The van der Waals surface area contributed by atoms with Crippen molar-refractivity contribution in [3.63, 3.8) is 0 Å². The zero-order valence-electron chi connectivity index (χ0n) is 19.3. The standard InChI is InChI=1S/C24H35Cl2NO5/c1-5-6-7-8-9-15(2)12-16(3)10-11-19(28)27-18-13-20(31-4)32-23-21(26)22(29)17(25)14-24(18,23)30/h10-12,14-15,18,20-21,23,30H,5-9,13H2,1-4H3,(H,27,28). The monoisotopic (exact) mass is 487 g/mol. The Morgan fingerprint density at radius 3 is 2.78 bits per heavy atom. The predicted octanol–water partition coefficient (Wildman–Crippen LogP) is 4.39. The molecule has 0 radical (unpaired) electrons. The number of carbonyl (C=O) groups excluding carboxylic acids is 2. The molecule has 6 nitrogen and oxygen atoms in total. The molecule has 2 rings (SSSR count). The molecule has 8 heteroatoms. The summed E-state index contributed by atoms with van der Waals surface area (Å²) in [6, 6.07) is -0.798. The van der Waals surface area contributed by atoms with Crippen LogP contribution in [0.1, 0.15) is 59.3 Å². The van der Waals surface area contributed by atoms with Crippen molar-refractivity contribution in [3.8, 4) is 0 Å². The average Bonchev–Trinajstić information content (AvgIpc) is 2.74. The van der Waals surface area contributed by atoms with Gasteiger partial charge in [0.05, 0.1) is 11.1 Å². The maximum atomic E-state index is 12.6. The lowest BCUT2D eigenvalue weighted by Gasteiger charge is -2.49. The summed E-state index contributed by atoms with van der Waals surface area (Å²) >= 11 is 12.2. The first-order valence-electron chi connectivity index (χ1n) is 11.3. The molecule has 0 spiro atoms. The lowest BCUT2D eigenvalue weighted by atomic mass is 9.77. The molecule has 2 N–H and O–H groups in total. The maximum absolute atomic E-state index is 12.6. The summed E-state index contributed by atoms with van der Waals surface area (Å²) in [5.41, 5.74) is -0.734. The molecule has 1 aliphatic heterocycles. The molecule has 180 valence electrons. The molecule has 1 aliphatic carbocycles. The summed E-state index contributed by atoms with van der Waals surface area (Å²) in [6.07, 6.45) is 11.0. The van der Waals surface area contributed by atoms with Crippen molar-refractivity contribution in [2.45, 2.75) is 88.7 Å². The van der Waals surface area contributed by atoms with Gasteiger partial charge in [-0.3, -0.25) is 9.59 Å². The first-order valence-corrected chi connectivity index (χ1v) is 12.1. The number of alkyl halides is 1. The van der Waals surface area contributed by atoms with E-state index < -0.39 is 35.2 Å². The molecule has 2 aliphatic rings. The Morgan fingerprint density at radius 2 is 2.12 bits per heavy atom. The first-order chi connectivity index (χ1) is 15.1. The molecule has 0 bridgehead atoms. The van der Waals surface area contributed by atoms with Gasteiger partial charge in [0.25, 0.3) is 0 Å². The van der Waals surface area contributed by atoms with Gasteiger partial charge in [-0.1, -0.05) is 68.9 Å². The molecule has 1 saturated heterocycles. The van der Waals surface area contributed by atoms with E-state index in [1.54, 1.807) is 6.08 Å². The second-order valence-corrected chi connectivity index (χ2v) is 9.61. The quantitative estimate of drug-likeness (QED) is 0.206. The highest BCUT2D eigenvalue weighted by Crippen LogP contribution is 2.40. The van der Waals surface area contributed by atoms with Gasteiger partial charge < -0.3 is 19.9 Å². The van der Waals surface area contributed by atoms with E-state index in [-0.39, 0.29) is 17.4 Å². The first kappa shape index (κ1) is 27.1. The second kappa shape index (κ2) is 12.3. The van der Waals surface area contributed by atoms with Crippen LogP contribution in [0.25, 0.3) is 0 Å². The van der Waals surface area contributed by atoms with Crippen molar-refractivity contribution in [1.82, 2.24) is 5.32 Å². The lowest BCUT2D eigenvalue weighted by Crippen LogP contribution is -2.68. The number of hydrogen-bond donors (Lipinski definition) is 2. The summed E-state index contributed by atoms with van der Waals surface area (Å²) < 4.78 is 10.9. The van der Waals surface area contributed by atoms with Gasteiger partial charge in [-0.05, 0) is 25.3 Å². The maximum Gasteiger partial charge on any atom is 0.244 e. The topological polar surface area (TPSA) is 84.9 Å². The van der Waals surface area contributed by atoms with E-state index in [1.165, 1.54) is 44.9 Å². The fraction of sp³-hybridized carbons (Fsp3) is 0.667. The number of halogens is 2. The average molecular weight is 488 g/mol. The van der Waals surface area contributed by atoms with Gasteiger partial charge in [0.1, 0.15) is 17.1 Å². The third kappa shape index (κ3) is 6.91. The number of fused-ring (bicyclic) bond motifs is 1. The summed E-state index contributed by atoms with van der Waals surface area (Å²) in [5.74, 6) is -0.476. The van der Waals surface area contributed by atoms with E-state index in [4.69, 9.17) is 32.7 Å². The van der Waals surface area contributed by atoms with Crippen LogP contribution in [0.5, 0.6) is 0 Å². The third-order valence-corrected chi connectivity index (χ3v) is 6.71. The van der Waals surface area contributed by atoms with Crippen LogP contribution in [0.2, 0.25) is 0 Å². The Morgan fingerprint density at radius 1 is 1.41 bits per heavy atom. The molecule has 0 aromatic rings. The van der Waals surface area contributed by atoms with Crippen LogP contribution in [0, 0.1) is 5.92 Å². The van der Waals surface area contributed by atoms with Gasteiger partial charge in [-0.15, -0.1) is 11.6 Å². The number of ketones is 1. The number of allylic oxidation sites excluding steroid dienone is 4. The Labute approximate surface area is 201 Å². The highest BCUT2D eigenvalue weighted by atomic mass is 35.5. The van der Waals surface area contributed by atoms with Gasteiger partial charge in [-0.2, -0.15) is 0 Å². The fourth-order valence-corrected chi connectivity index (χ4v) is 4.90. The van der Waals surface area contributed by atoms with Gasteiger partial charge >= 0.3 is 0 Å². The number of methoxy groups -OCH3 is 1. The number of amides is 1. The molecule has 1 heterocycles. The summed E-state index contributed by atoms with van der Waals surface area (Å²) in [5, 5.41) is 12.7. The SMILES string of the molecule is CCCCCCC(C)C=C(C)C=CC(=O)NC1CC(OC)OC2C(Cl)C(=O)C(Cl)=CC12O. The second-order valence-electron chi connectivity index (χ2n) is 8.74. The van der Waals surface area contributed by atoms with Gasteiger partial charge in [0.15, 0.2) is 12.1 Å². The van der Waals surface area contributed by atoms with Crippen LogP contribution in [0.15, 0.2) is 34.9 Å².